The number of carbonyl (C=O) groups excluding carboxylic acids is 3. The number of aromatic nitrogens is 3. The van der Waals surface area contributed by atoms with Crippen LogP contribution in [0.3, 0.4) is 0 Å². The van der Waals surface area contributed by atoms with Crippen molar-refractivity contribution in [3.05, 3.63) is 267 Å². The van der Waals surface area contributed by atoms with Crippen LogP contribution in [-0.4, -0.2) is 47.6 Å². The zero-order valence-corrected chi connectivity index (χ0v) is 75.2. The van der Waals surface area contributed by atoms with Crippen LogP contribution >= 0.6 is 0 Å². The van der Waals surface area contributed by atoms with E-state index in [0.29, 0.717) is 17.8 Å². The minimum Gasteiger partial charge on any atom is -0.512 e. The van der Waals surface area contributed by atoms with E-state index < -0.39 is 0 Å². The topological polar surface area (TPSA) is 190 Å². The van der Waals surface area contributed by atoms with E-state index in [4.69, 9.17) is 33.6 Å². The normalized spacial score (nSPS) is 11.5. The molecule has 6 heterocycles. The molecule has 6 aromatic heterocycles. The summed E-state index contributed by atoms with van der Waals surface area (Å²) >= 11 is 0. The Hall–Kier alpha value is -9.03. The van der Waals surface area contributed by atoms with Gasteiger partial charge in [-0.3, -0.25) is 14.4 Å². The number of aryl methyl sites for hydroxylation is 6. The number of aliphatic hydroxyl groups excluding tert-OH is 3. The quantitative estimate of drug-likeness (QED) is 0.0597. The minimum absolute atomic E-state index is 0. The molecular formula is C95H106Ir3N3O9-3. The number of pyridine rings is 3. The SMILES string of the molecule is CC(=O)C=C(C)O.CC(=O)C=C(C)O.CC(=O)C=C(C)O.Cc1[c-]c(-c2cc3oc(-c4c(C(C)C)cccc4C(C)C)cc3cn2)cc(C)c1.Cc1[c-]c(-c2cc3oc(-c4cc(C(C)(C)C)cc(C(C)(C)C)c4)cc3cn2)cc(C)c1.Cc1[c-]c(-c2cc3oc(-c4ccc(C(C)C)cc4)cc3cn2)cc(C)c1.[Ir].[Ir].[Ir]. The zero-order chi connectivity index (χ0) is 79.1. The molecule has 0 aliphatic carbocycles. The zero-order valence-electron chi connectivity index (χ0n) is 68.0. The number of furan rings is 3. The Bertz CT molecular complexity index is 5040. The Morgan fingerprint density at radius 3 is 0.973 bits per heavy atom. The van der Waals surface area contributed by atoms with Gasteiger partial charge in [0.05, 0.1) is 17.3 Å². The van der Waals surface area contributed by atoms with Gasteiger partial charge in [0.1, 0.15) is 34.0 Å². The van der Waals surface area contributed by atoms with E-state index in [-0.39, 0.29) is 106 Å². The van der Waals surface area contributed by atoms with Crippen LogP contribution in [0.15, 0.2) is 201 Å². The third-order valence-electron chi connectivity index (χ3n) is 17.1. The predicted molar refractivity (Wildman–Crippen MR) is 440 cm³/mol. The van der Waals surface area contributed by atoms with Crippen LogP contribution in [0.2, 0.25) is 0 Å². The summed E-state index contributed by atoms with van der Waals surface area (Å²) in [6.45, 7) is 47.9. The van der Waals surface area contributed by atoms with Crippen molar-refractivity contribution in [3.8, 4) is 67.7 Å². The van der Waals surface area contributed by atoms with E-state index in [9.17, 15) is 14.4 Å². The molecule has 585 valence electrons. The minimum atomic E-state index is -0.125. The molecule has 6 aromatic carbocycles. The van der Waals surface area contributed by atoms with E-state index in [1.54, 1.807) is 0 Å². The van der Waals surface area contributed by atoms with Gasteiger partial charge in [-0.25, -0.2) is 0 Å². The number of allylic oxidation sites excluding steroid dienone is 6. The number of fused-ring (bicyclic) bond motifs is 3. The molecule has 0 bridgehead atoms. The number of hydrogen-bond acceptors (Lipinski definition) is 12. The van der Waals surface area contributed by atoms with Crippen LogP contribution in [0.25, 0.3) is 101 Å². The van der Waals surface area contributed by atoms with Gasteiger partial charge in [0.15, 0.2) is 17.3 Å². The van der Waals surface area contributed by atoms with Crippen LogP contribution in [-0.2, 0) is 85.5 Å². The largest absolute Gasteiger partial charge is 0.512 e. The van der Waals surface area contributed by atoms with Gasteiger partial charge in [0, 0.05) is 130 Å². The van der Waals surface area contributed by atoms with Crippen LogP contribution in [0, 0.1) is 59.7 Å². The molecule has 0 spiro atoms. The third kappa shape index (κ3) is 27.5. The molecule has 12 aromatic rings. The van der Waals surface area contributed by atoms with Gasteiger partial charge in [-0.15, -0.1) is 105 Å². The summed E-state index contributed by atoms with van der Waals surface area (Å²) in [6, 6.07) is 57.3. The standard InChI is InChI=1S/C29H32NO.C27H28NO.C24H22NO.3C5H8O2.3Ir/c1-18-9-19(2)11-20(10-18)25-16-27-22(17-30-25)14-26(31-27)21-12-23(28(3,4)5)15-24(13-21)29(6,7)8;1-16(2)22-8-7-9-23(17(3)4)27(22)26-13-21-15-28-24(14-25(21)29-26)20-11-18(5)10-19(6)12-20;1-15(2)18-5-7-19(8-6-18)23-12-21-14-25-22(13-24(21)26-23)20-10-16(3)9-17(4)11-20;3*1-4(6)3-5(2)7;;;/h9-10,12-17H,1-8H3;7-11,13-17H,1-6H3;5-10,12-15H,1-4H3;3*3,6H,1-2H3;;;/q3*-1;;;;;;. The summed E-state index contributed by atoms with van der Waals surface area (Å²) in [5.74, 6) is 3.88. The summed E-state index contributed by atoms with van der Waals surface area (Å²) < 4.78 is 18.9. The number of ketones is 3. The number of hydrogen-bond donors (Lipinski definition) is 3. The number of carbonyl (C=O) groups is 3. The van der Waals surface area contributed by atoms with Gasteiger partial charge in [-0.05, 0) is 164 Å². The first-order valence-electron chi connectivity index (χ1n) is 36.4. The smallest absolute Gasteiger partial charge is 0.155 e. The Morgan fingerprint density at radius 2 is 0.700 bits per heavy atom. The first-order chi connectivity index (χ1) is 50.1. The Morgan fingerprint density at radius 1 is 0.391 bits per heavy atom. The fourth-order valence-electron chi connectivity index (χ4n) is 12.1. The molecule has 0 atom stereocenters. The summed E-state index contributed by atoms with van der Waals surface area (Å²) in [7, 11) is 0. The van der Waals surface area contributed by atoms with E-state index in [1.807, 2.05) is 36.8 Å². The molecule has 110 heavy (non-hydrogen) atoms. The maximum absolute atomic E-state index is 10.0. The van der Waals surface area contributed by atoms with Crippen molar-refractivity contribution in [3.63, 3.8) is 0 Å². The molecule has 3 radical (unpaired) electrons. The van der Waals surface area contributed by atoms with Crippen molar-refractivity contribution in [2.75, 3.05) is 0 Å². The fraction of sp³-hybridized carbons (Fsp3) is 0.305. The molecule has 0 aliphatic rings. The molecule has 0 saturated heterocycles. The van der Waals surface area contributed by atoms with E-state index in [0.717, 1.165) is 112 Å². The average molecular weight is 2010 g/mol. The van der Waals surface area contributed by atoms with E-state index in [1.165, 1.54) is 110 Å². The summed E-state index contributed by atoms with van der Waals surface area (Å²) in [5.41, 5.74) is 25.4. The first kappa shape index (κ1) is 93.3. The fourth-order valence-corrected chi connectivity index (χ4v) is 12.1. The first-order valence-corrected chi connectivity index (χ1v) is 36.4. The molecule has 15 heteroatoms. The number of benzene rings is 6. The monoisotopic (exact) mass is 2010 g/mol. The number of rotatable bonds is 12. The molecule has 12 rings (SSSR count). The Balaban J connectivity index is 0.000000304. The van der Waals surface area contributed by atoms with Crippen LogP contribution < -0.4 is 0 Å². The molecule has 0 aliphatic heterocycles. The van der Waals surface area contributed by atoms with E-state index >= 15 is 0 Å². The van der Waals surface area contributed by atoms with Crippen LogP contribution in [0.5, 0.6) is 0 Å². The molecule has 3 N–H and O–H groups in total. The second kappa shape index (κ2) is 41.3. The number of nitrogens with zero attached hydrogens (tertiary/aromatic N) is 3. The van der Waals surface area contributed by atoms with Crippen molar-refractivity contribution in [1.29, 1.82) is 0 Å². The molecule has 0 saturated carbocycles. The summed E-state index contributed by atoms with van der Waals surface area (Å²) in [6.07, 6.45) is 9.20. The maximum Gasteiger partial charge on any atom is 0.155 e. The van der Waals surface area contributed by atoms with Crippen LogP contribution in [0.4, 0.5) is 0 Å². The number of aliphatic hydroxyl groups is 3. The van der Waals surface area contributed by atoms with Crippen molar-refractivity contribution in [2.24, 2.45) is 0 Å². The van der Waals surface area contributed by atoms with Crippen molar-refractivity contribution in [1.82, 2.24) is 15.0 Å². The maximum atomic E-state index is 10.0. The van der Waals surface area contributed by atoms with Gasteiger partial charge in [-0.1, -0.05) is 173 Å². The summed E-state index contributed by atoms with van der Waals surface area (Å²) in [5, 5.41) is 28.1. The second-order valence-corrected chi connectivity index (χ2v) is 30.8. The molecule has 0 fully saturated rings. The average Bonchev–Trinajstić information content (AvgIpc) is 1.58. The molecule has 0 unspecified atom stereocenters. The third-order valence-corrected chi connectivity index (χ3v) is 17.1. The van der Waals surface area contributed by atoms with Crippen molar-refractivity contribution >= 4 is 50.3 Å². The van der Waals surface area contributed by atoms with E-state index in [2.05, 4.69) is 268 Å². The Labute approximate surface area is 692 Å². The molecule has 0 amide bonds. The van der Waals surface area contributed by atoms with Gasteiger partial charge in [0.2, 0.25) is 0 Å². The predicted octanol–water partition coefficient (Wildman–Crippen LogP) is 25.8. The molecular weight excluding hydrogens is 1900 g/mol. The Kier molecular flexibility index (Phi) is 35.1. The van der Waals surface area contributed by atoms with Gasteiger partial charge in [0.25, 0.3) is 0 Å². The van der Waals surface area contributed by atoms with Gasteiger partial charge in [-0.2, -0.15) is 0 Å². The van der Waals surface area contributed by atoms with Crippen molar-refractivity contribution < 1.29 is 103 Å². The van der Waals surface area contributed by atoms with Crippen LogP contribution in [0.1, 0.15) is 204 Å². The van der Waals surface area contributed by atoms with Gasteiger partial charge < -0.3 is 43.5 Å². The molecule has 12 nitrogen and oxygen atoms in total. The summed E-state index contributed by atoms with van der Waals surface area (Å²) in [4.78, 5) is 44.0. The second-order valence-electron chi connectivity index (χ2n) is 30.8. The van der Waals surface area contributed by atoms with Crippen molar-refractivity contribution in [2.45, 2.75) is 195 Å². The van der Waals surface area contributed by atoms with Gasteiger partial charge >= 0.3 is 0 Å².